The molecule has 0 saturated heterocycles. The number of hydrogen-bond acceptors (Lipinski definition) is 4. The van der Waals surface area contributed by atoms with Gasteiger partial charge < -0.3 is 10.5 Å². The number of hydrogen-bond donors (Lipinski definition) is 1. The molecule has 0 aromatic heterocycles. The van der Waals surface area contributed by atoms with Crippen LogP contribution in [0.4, 0.5) is 0 Å². The summed E-state index contributed by atoms with van der Waals surface area (Å²) in [5.41, 5.74) is 7.70. The summed E-state index contributed by atoms with van der Waals surface area (Å²) in [7, 11) is 0. The van der Waals surface area contributed by atoms with Gasteiger partial charge in [0.1, 0.15) is 11.6 Å². The normalized spacial score (nSPS) is 19.4. The van der Waals surface area contributed by atoms with Crippen molar-refractivity contribution in [2.45, 2.75) is 33.3 Å². The highest BCUT2D eigenvalue weighted by atomic mass is 16.5. The number of amidine groups is 1. The van der Waals surface area contributed by atoms with Gasteiger partial charge in [-0.15, -0.1) is 5.10 Å². The monoisotopic (exact) mass is 245 g/mol. The third-order valence-electron chi connectivity index (χ3n) is 2.77. The standard InChI is InChI=1S/C14H19N3O/c1-9(2)18-12-6-4-5-11(8-12)14-10(3)7-13(15)16-17-14/h4-6,8-10H,7H2,1-3H3,(H2,15,16). The van der Waals surface area contributed by atoms with E-state index in [1.807, 2.05) is 38.1 Å². The Morgan fingerprint density at radius 2 is 2.11 bits per heavy atom. The first-order chi connectivity index (χ1) is 8.56. The van der Waals surface area contributed by atoms with Crippen molar-refractivity contribution in [3.05, 3.63) is 29.8 Å². The molecule has 0 spiro atoms. The van der Waals surface area contributed by atoms with Gasteiger partial charge in [0.05, 0.1) is 11.8 Å². The first-order valence-electron chi connectivity index (χ1n) is 6.23. The molecule has 0 fully saturated rings. The third-order valence-corrected chi connectivity index (χ3v) is 2.77. The second-order valence-electron chi connectivity index (χ2n) is 4.88. The predicted octanol–water partition coefficient (Wildman–Crippen LogP) is 2.57. The second-order valence-corrected chi connectivity index (χ2v) is 4.88. The summed E-state index contributed by atoms with van der Waals surface area (Å²) < 4.78 is 5.69. The quantitative estimate of drug-likeness (QED) is 0.889. The van der Waals surface area contributed by atoms with Crippen LogP contribution in [-0.4, -0.2) is 17.7 Å². The molecule has 4 nitrogen and oxygen atoms in total. The van der Waals surface area contributed by atoms with Crippen molar-refractivity contribution in [2.75, 3.05) is 0 Å². The Labute approximate surface area is 108 Å². The topological polar surface area (TPSA) is 60.0 Å². The summed E-state index contributed by atoms with van der Waals surface area (Å²) in [4.78, 5) is 0. The van der Waals surface area contributed by atoms with Crippen LogP contribution in [0, 0.1) is 5.92 Å². The van der Waals surface area contributed by atoms with Crippen LogP contribution < -0.4 is 10.5 Å². The van der Waals surface area contributed by atoms with Crippen LogP contribution in [-0.2, 0) is 0 Å². The van der Waals surface area contributed by atoms with E-state index >= 15 is 0 Å². The van der Waals surface area contributed by atoms with Crippen LogP contribution in [0.25, 0.3) is 0 Å². The van der Waals surface area contributed by atoms with Gasteiger partial charge in [-0.2, -0.15) is 5.10 Å². The summed E-state index contributed by atoms with van der Waals surface area (Å²) >= 11 is 0. The molecule has 2 rings (SSSR count). The molecule has 0 radical (unpaired) electrons. The predicted molar refractivity (Wildman–Crippen MR) is 74.1 cm³/mol. The van der Waals surface area contributed by atoms with Crippen molar-refractivity contribution in [2.24, 2.45) is 21.9 Å². The zero-order valence-corrected chi connectivity index (χ0v) is 11.1. The van der Waals surface area contributed by atoms with Gasteiger partial charge in [-0.05, 0) is 26.0 Å². The van der Waals surface area contributed by atoms with Crippen LogP contribution in [0.5, 0.6) is 5.75 Å². The first kappa shape index (κ1) is 12.6. The molecule has 0 saturated carbocycles. The Hall–Kier alpha value is -1.84. The molecular weight excluding hydrogens is 226 g/mol. The van der Waals surface area contributed by atoms with Crippen LogP contribution in [0.3, 0.4) is 0 Å². The Balaban J connectivity index is 2.28. The van der Waals surface area contributed by atoms with Gasteiger partial charge in [0, 0.05) is 17.9 Å². The Morgan fingerprint density at radius 1 is 1.33 bits per heavy atom. The fourth-order valence-corrected chi connectivity index (χ4v) is 2.01. The number of nitrogens with two attached hydrogens (primary N) is 1. The van der Waals surface area contributed by atoms with E-state index in [1.54, 1.807) is 0 Å². The summed E-state index contributed by atoms with van der Waals surface area (Å²) in [5.74, 6) is 1.75. The highest BCUT2D eigenvalue weighted by Crippen LogP contribution is 2.21. The minimum atomic E-state index is 0.166. The molecular formula is C14H19N3O. The van der Waals surface area contributed by atoms with Crippen LogP contribution in [0.1, 0.15) is 32.8 Å². The van der Waals surface area contributed by atoms with Crippen LogP contribution >= 0.6 is 0 Å². The fraction of sp³-hybridized carbons (Fsp3) is 0.429. The van der Waals surface area contributed by atoms with Gasteiger partial charge in [-0.3, -0.25) is 0 Å². The van der Waals surface area contributed by atoms with E-state index in [0.717, 1.165) is 23.4 Å². The van der Waals surface area contributed by atoms with Crippen LogP contribution in [0.15, 0.2) is 34.5 Å². The zero-order valence-electron chi connectivity index (χ0n) is 11.1. The average molecular weight is 245 g/mol. The molecule has 96 valence electrons. The molecule has 1 unspecified atom stereocenters. The maximum Gasteiger partial charge on any atom is 0.123 e. The summed E-state index contributed by atoms with van der Waals surface area (Å²) in [6.45, 7) is 6.13. The first-order valence-corrected chi connectivity index (χ1v) is 6.23. The lowest BCUT2D eigenvalue weighted by molar-refractivity contribution is 0.242. The maximum absolute atomic E-state index is 5.69. The van der Waals surface area contributed by atoms with Crippen molar-refractivity contribution in [1.29, 1.82) is 0 Å². The maximum atomic E-state index is 5.69. The van der Waals surface area contributed by atoms with E-state index in [2.05, 4.69) is 17.1 Å². The molecule has 1 heterocycles. The van der Waals surface area contributed by atoms with Crippen molar-refractivity contribution in [3.8, 4) is 5.75 Å². The smallest absolute Gasteiger partial charge is 0.123 e. The highest BCUT2D eigenvalue weighted by Gasteiger charge is 2.18. The average Bonchev–Trinajstić information content (AvgIpc) is 2.28. The summed E-state index contributed by atoms with van der Waals surface area (Å²) in [6.07, 6.45) is 0.924. The molecule has 1 aromatic carbocycles. The van der Waals surface area contributed by atoms with Crippen molar-refractivity contribution >= 4 is 11.5 Å². The number of rotatable bonds is 3. The van der Waals surface area contributed by atoms with Gasteiger partial charge in [0.25, 0.3) is 0 Å². The Kier molecular flexibility index (Phi) is 3.65. The zero-order chi connectivity index (χ0) is 13.1. The lowest BCUT2D eigenvalue weighted by atomic mass is 9.94. The van der Waals surface area contributed by atoms with E-state index in [-0.39, 0.29) is 12.0 Å². The molecule has 1 aromatic rings. The summed E-state index contributed by atoms with van der Waals surface area (Å²) in [6, 6.07) is 7.96. The molecule has 0 bridgehead atoms. The largest absolute Gasteiger partial charge is 0.491 e. The molecule has 4 heteroatoms. The number of nitrogens with zero attached hydrogens (tertiary/aromatic N) is 2. The lowest BCUT2D eigenvalue weighted by Crippen LogP contribution is -2.25. The van der Waals surface area contributed by atoms with Gasteiger partial charge in [0.15, 0.2) is 0 Å². The Bertz CT molecular complexity index is 492. The third kappa shape index (κ3) is 2.88. The molecule has 18 heavy (non-hydrogen) atoms. The fourth-order valence-electron chi connectivity index (χ4n) is 2.01. The molecule has 1 aliphatic heterocycles. The summed E-state index contributed by atoms with van der Waals surface area (Å²) in [5, 5.41) is 8.18. The molecule has 1 aliphatic rings. The lowest BCUT2D eigenvalue weighted by Gasteiger charge is -2.18. The second kappa shape index (κ2) is 5.21. The minimum Gasteiger partial charge on any atom is -0.491 e. The molecule has 1 atom stereocenters. The molecule has 0 amide bonds. The Morgan fingerprint density at radius 3 is 2.78 bits per heavy atom. The SMILES string of the molecule is CC(C)Oc1cccc(C2=NN=C(N)CC2C)c1. The van der Waals surface area contributed by atoms with Crippen molar-refractivity contribution in [1.82, 2.24) is 0 Å². The van der Waals surface area contributed by atoms with Gasteiger partial charge in [-0.1, -0.05) is 19.1 Å². The van der Waals surface area contributed by atoms with Gasteiger partial charge in [0.2, 0.25) is 0 Å². The van der Waals surface area contributed by atoms with E-state index in [1.165, 1.54) is 0 Å². The molecule has 0 aliphatic carbocycles. The van der Waals surface area contributed by atoms with E-state index in [9.17, 15) is 0 Å². The van der Waals surface area contributed by atoms with Crippen molar-refractivity contribution in [3.63, 3.8) is 0 Å². The highest BCUT2D eigenvalue weighted by molar-refractivity contribution is 6.05. The van der Waals surface area contributed by atoms with Gasteiger partial charge >= 0.3 is 0 Å². The molecule has 2 N–H and O–H groups in total. The van der Waals surface area contributed by atoms with E-state index in [0.29, 0.717) is 5.84 Å². The van der Waals surface area contributed by atoms with E-state index in [4.69, 9.17) is 10.5 Å². The minimum absolute atomic E-state index is 0.166. The number of benzene rings is 1. The van der Waals surface area contributed by atoms with Crippen LogP contribution in [0.2, 0.25) is 0 Å². The number of ether oxygens (including phenoxy) is 1. The van der Waals surface area contributed by atoms with E-state index < -0.39 is 0 Å². The van der Waals surface area contributed by atoms with Crippen molar-refractivity contribution < 1.29 is 4.74 Å². The van der Waals surface area contributed by atoms with Gasteiger partial charge in [-0.25, -0.2) is 0 Å².